The number of carbonyl (C=O) groups excluding carboxylic acids is 2. The maximum absolute atomic E-state index is 14.1. The molecular weight excluding hydrogens is 677 g/mol. The minimum absolute atomic E-state index is 0.118. The molecule has 1 fully saturated rings. The first-order valence-corrected chi connectivity index (χ1v) is 18.1. The van der Waals surface area contributed by atoms with Gasteiger partial charge in [-0.3, -0.25) is 9.59 Å². The Morgan fingerprint density at radius 1 is 0.787 bits per heavy atom. The molecular formula is C36H36Cl3N3O4S. The minimum atomic E-state index is -3.53. The lowest BCUT2D eigenvalue weighted by atomic mass is 10.0. The SMILES string of the molecule is O=C(NCc1ccc(Cl)cc1Cl)C(Cc1ccccc1)N(Cc1ccc(Cl)cc1)C(=O)CCc1ccc(S(=O)(=O)N2CCCC2)cc1. The zero-order chi connectivity index (χ0) is 33.4. The summed E-state index contributed by atoms with van der Waals surface area (Å²) in [5.41, 5.74) is 3.26. The summed E-state index contributed by atoms with van der Waals surface area (Å²) in [5.74, 6) is -0.534. The second kappa shape index (κ2) is 16.1. The molecule has 0 spiro atoms. The van der Waals surface area contributed by atoms with Gasteiger partial charge in [0.05, 0.1) is 4.90 Å². The topological polar surface area (TPSA) is 86.8 Å². The molecule has 1 aliphatic rings. The molecule has 1 unspecified atom stereocenters. The summed E-state index contributed by atoms with van der Waals surface area (Å²) in [6, 6.07) is 27.7. The zero-order valence-corrected chi connectivity index (χ0v) is 28.8. The fourth-order valence-corrected chi connectivity index (χ4v) is 7.72. The number of rotatable bonds is 13. The number of nitrogens with zero attached hydrogens (tertiary/aromatic N) is 2. The van der Waals surface area contributed by atoms with E-state index in [1.807, 2.05) is 42.5 Å². The van der Waals surface area contributed by atoms with E-state index in [9.17, 15) is 18.0 Å². The number of amides is 2. The molecule has 1 atom stereocenters. The average molecular weight is 713 g/mol. The molecule has 0 radical (unpaired) electrons. The lowest BCUT2D eigenvalue weighted by Gasteiger charge is -2.32. The summed E-state index contributed by atoms with van der Waals surface area (Å²) in [5, 5.41) is 4.49. The van der Waals surface area contributed by atoms with Gasteiger partial charge in [-0.1, -0.05) is 95.5 Å². The van der Waals surface area contributed by atoms with Gasteiger partial charge >= 0.3 is 0 Å². The Labute approximate surface area is 291 Å². The van der Waals surface area contributed by atoms with Gasteiger partial charge in [0.15, 0.2) is 0 Å². The van der Waals surface area contributed by atoms with Crippen molar-refractivity contribution in [3.05, 3.63) is 134 Å². The van der Waals surface area contributed by atoms with Crippen LogP contribution in [0.15, 0.2) is 102 Å². The van der Waals surface area contributed by atoms with E-state index >= 15 is 0 Å². The highest BCUT2D eigenvalue weighted by molar-refractivity contribution is 7.89. The van der Waals surface area contributed by atoms with Gasteiger partial charge in [0, 0.05) is 54.1 Å². The molecule has 4 aromatic rings. The van der Waals surface area contributed by atoms with Crippen molar-refractivity contribution in [1.82, 2.24) is 14.5 Å². The normalized spacial score (nSPS) is 14.1. The summed E-state index contributed by atoms with van der Waals surface area (Å²) in [6.45, 7) is 1.42. The van der Waals surface area contributed by atoms with Crippen molar-refractivity contribution in [2.75, 3.05) is 13.1 Å². The molecule has 11 heteroatoms. The van der Waals surface area contributed by atoms with Crippen LogP contribution in [0, 0.1) is 0 Å². The molecule has 47 heavy (non-hydrogen) atoms. The van der Waals surface area contributed by atoms with Crippen LogP contribution in [0.25, 0.3) is 0 Å². The van der Waals surface area contributed by atoms with Crippen molar-refractivity contribution in [3.8, 4) is 0 Å². The summed E-state index contributed by atoms with van der Waals surface area (Å²) in [6.07, 6.45) is 2.52. The van der Waals surface area contributed by atoms with Crippen LogP contribution in [-0.4, -0.2) is 48.6 Å². The molecule has 1 saturated heterocycles. The second-order valence-corrected chi connectivity index (χ2v) is 14.8. The number of nitrogens with one attached hydrogen (secondary N) is 1. The van der Waals surface area contributed by atoms with Gasteiger partial charge in [-0.2, -0.15) is 4.31 Å². The van der Waals surface area contributed by atoms with E-state index < -0.39 is 16.1 Å². The summed E-state index contributed by atoms with van der Waals surface area (Å²) in [4.78, 5) is 29.9. The maximum Gasteiger partial charge on any atom is 0.243 e. The van der Waals surface area contributed by atoms with Crippen molar-refractivity contribution in [2.24, 2.45) is 0 Å². The Morgan fingerprint density at radius 3 is 2.09 bits per heavy atom. The fraction of sp³-hybridized carbons (Fsp3) is 0.278. The number of carbonyl (C=O) groups is 2. The van der Waals surface area contributed by atoms with Crippen LogP contribution >= 0.6 is 34.8 Å². The molecule has 0 bridgehead atoms. The molecule has 2 amide bonds. The molecule has 1 heterocycles. The lowest BCUT2D eigenvalue weighted by molar-refractivity contribution is -0.141. The van der Waals surface area contributed by atoms with E-state index in [4.69, 9.17) is 34.8 Å². The van der Waals surface area contributed by atoms with Crippen LogP contribution in [-0.2, 0) is 45.5 Å². The predicted octanol–water partition coefficient (Wildman–Crippen LogP) is 7.32. The van der Waals surface area contributed by atoms with Gasteiger partial charge in [-0.25, -0.2) is 8.42 Å². The molecule has 0 saturated carbocycles. The van der Waals surface area contributed by atoms with Crippen LogP contribution in [0.4, 0.5) is 0 Å². The van der Waals surface area contributed by atoms with Crippen molar-refractivity contribution in [2.45, 2.75) is 56.1 Å². The Balaban J connectivity index is 1.37. The number of halogens is 3. The van der Waals surface area contributed by atoms with E-state index in [2.05, 4.69) is 5.32 Å². The molecule has 7 nitrogen and oxygen atoms in total. The average Bonchev–Trinajstić information content (AvgIpc) is 3.63. The molecule has 5 rings (SSSR count). The Morgan fingerprint density at radius 2 is 1.43 bits per heavy atom. The predicted molar refractivity (Wildman–Crippen MR) is 187 cm³/mol. The van der Waals surface area contributed by atoms with Crippen LogP contribution in [0.1, 0.15) is 41.5 Å². The van der Waals surface area contributed by atoms with Gasteiger partial charge < -0.3 is 10.2 Å². The van der Waals surface area contributed by atoms with Crippen LogP contribution in [0.3, 0.4) is 0 Å². The van der Waals surface area contributed by atoms with Crippen molar-refractivity contribution < 1.29 is 18.0 Å². The largest absolute Gasteiger partial charge is 0.350 e. The highest BCUT2D eigenvalue weighted by Crippen LogP contribution is 2.24. The zero-order valence-electron chi connectivity index (χ0n) is 25.7. The Kier molecular flexibility index (Phi) is 12.0. The molecule has 0 aliphatic carbocycles. The van der Waals surface area contributed by atoms with Crippen LogP contribution in [0.2, 0.25) is 15.1 Å². The van der Waals surface area contributed by atoms with Gasteiger partial charge in [0.25, 0.3) is 0 Å². The van der Waals surface area contributed by atoms with Crippen molar-refractivity contribution >= 4 is 56.6 Å². The molecule has 1 N–H and O–H groups in total. The lowest BCUT2D eigenvalue weighted by Crippen LogP contribution is -2.50. The Hall–Kier alpha value is -3.40. The highest BCUT2D eigenvalue weighted by Gasteiger charge is 2.31. The molecule has 4 aromatic carbocycles. The van der Waals surface area contributed by atoms with Gasteiger partial charge in [0.2, 0.25) is 21.8 Å². The quantitative estimate of drug-likeness (QED) is 0.158. The Bertz CT molecular complexity index is 1780. The van der Waals surface area contributed by atoms with Gasteiger partial charge in [0.1, 0.15) is 6.04 Å². The summed E-state index contributed by atoms with van der Waals surface area (Å²) in [7, 11) is -3.53. The number of sulfonamides is 1. The number of aryl methyl sites for hydroxylation is 1. The van der Waals surface area contributed by atoms with Crippen molar-refractivity contribution in [3.63, 3.8) is 0 Å². The van der Waals surface area contributed by atoms with E-state index in [0.717, 1.165) is 29.5 Å². The van der Waals surface area contributed by atoms with Crippen LogP contribution < -0.4 is 5.32 Å². The van der Waals surface area contributed by atoms with E-state index in [0.29, 0.717) is 46.6 Å². The monoisotopic (exact) mass is 711 g/mol. The highest BCUT2D eigenvalue weighted by atomic mass is 35.5. The van der Waals surface area contributed by atoms with Gasteiger partial charge in [-0.15, -0.1) is 0 Å². The first kappa shape index (κ1) is 34.9. The number of hydrogen-bond donors (Lipinski definition) is 1. The first-order valence-electron chi connectivity index (χ1n) is 15.5. The minimum Gasteiger partial charge on any atom is -0.350 e. The van der Waals surface area contributed by atoms with Crippen LogP contribution in [0.5, 0.6) is 0 Å². The molecule has 246 valence electrons. The second-order valence-electron chi connectivity index (χ2n) is 11.6. The smallest absolute Gasteiger partial charge is 0.243 e. The third-order valence-electron chi connectivity index (χ3n) is 8.26. The summed E-state index contributed by atoms with van der Waals surface area (Å²) >= 11 is 18.6. The third kappa shape index (κ3) is 9.36. The van der Waals surface area contributed by atoms with Gasteiger partial charge in [-0.05, 0) is 77.9 Å². The molecule has 0 aromatic heterocycles. The van der Waals surface area contributed by atoms with E-state index in [-0.39, 0.29) is 36.2 Å². The standard InChI is InChI=1S/C36H36Cl3N3O4S/c37-30-14-8-28(9-15-30)25-42(35(43)19-12-26-10-17-32(18-11-26)47(45,46)41-20-4-5-21-41)34(22-27-6-2-1-3-7-27)36(44)40-24-29-13-16-31(38)23-33(29)39/h1-3,6-11,13-18,23,34H,4-5,12,19-22,24-25H2,(H,40,44). The van der Waals surface area contributed by atoms with E-state index in [1.165, 1.54) is 4.31 Å². The first-order chi connectivity index (χ1) is 22.6. The number of hydrogen-bond acceptors (Lipinski definition) is 4. The summed E-state index contributed by atoms with van der Waals surface area (Å²) < 4.78 is 27.4. The number of benzene rings is 4. The van der Waals surface area contributed by atoms with Crippen molar-refractivity contribution in [1.29, 1.82) is 0 Å². The van der Waals surface area contributed by atoms with E-state index in [1.54, 1.807) is 59.5 Å². The third-order valence-corrected chi connectivity index (χ3v) is 11.0. The molecule has 1 aliphatic heterocycles. The maximum atomic E-state index is 14.1. The fourth-order valence-electron chi connectivity index (χ4n) is 5.61.